The van der Waals surface area contributed by atoms with E-state index in [1.165, 1.54) is 0 Å². The molecular weight excluding hydrogens is 325 g/mol. The minimum Gasteiger partial charge on any atom is -0.446 e. The average Bonchev–Trinajstić information content (AvgIpc) is 2.75. The highest BCUT2D eigenvalue weighted by Gasteiger charge is 2.53. The van der Waals surface area contributed by atoms with Crippen LogP contribution in [-0.4, -0.2) is 72.4 Å². The molecule has 1 fully saturated rings. The van der Waals surface area contributed by atoms with Gasteiger partial charge in [-0.15, -0.1) is 0 Å². The molecule has 21 heavy (non-hydrogen) atoms. The monoisotopic (exact) mass is 334 g/mol. The SMILES string of the molecule is O=CN1CCN(C(=O)OCC(F)C(F)(F)S(=O)(=O)O)C1=O. The Morgan fingerprint density at radius 2 is 2.05 bits per heavy atom. The van der Waals surface area contributed by atoms with Gasteiger partial charge >= 0.3 is 27.5 Å². The second-order valence-corrected chi connectivity index (χ2v) is 5.31. The fourth-order valence-corrected chi connectivity index (χ4v) is 1.69. The van der Waals surface area contributed by atoms with Crippen LogP contribution in [0.2, 0.25) is 0 Å². The maximum Gasteiger partial charge on any atom is 0.418 e. The molecule has 13 heteroatoms. The van der Waals surface area contributed by atoms with Gasteiger partial charge in [0, 0.05) is 6.54 Å². The molecule has 0 aromatic rings. The van der Waals surface area contributed by atoms with Gasteiger partial charge in [0.15, 0.2) is 0 Å². The summed E-state index contributed by atoms with van der Waals surface area (Å²) >= 11 is 0. The van der Waals surface area contributed by atoms with Crippen molar-refractivity contribution in [2.45, 2.75) is 11.4 Å². The van der Waals surface area contributed by atoms with Crippen LogP contribution in [-0.2, 0) is 19.6 Å². The third kappa shape index (κ3) is 3.41. The Balaban J connectivity index is 2.62. The zero-order chi connectivity index (χ0) is 16.4. The lowest BCUT2D eigenvalue weighted by Crippen LogP contribution is -2.43. The summed E-state index contributed by atoms with van der Waals surface area (Å²) in [7, 11) is -6.03. The Morgan fingerprint density at radius 1 is 1.48 bits per heavy atom. The van der Waals surface area contributed by atoms with E-state index in [0.29, 0.717) is 9.80 Å². The van der Waals surface area contributed by atoms with Crippen molar-refractivity contribution in [3.63, 3.8) is 0 Å². The van der Waals surface area contributed by atoms with E-state index >= 15 is 0 Å². The summed E-state index contributed by atoms with van der Waals surface area (Å²) in [6, 6.07) is -1.09. The van der Waals surface area contributed by atoms with Crippen LogP contribution in [0.1, 0.15) is 0 Å². The fourth-order valence-electron chi connectivity index (χ4n) is 1.30. The summed E-state index contributed by atoms with van der Waals surface area (Å²) in [6.07, 6.45) is -4.94. The predicted molar refractivity (Wildman–Crippen MR) is 57.6 cm³/mol. The molecule has 0 saturated carbocycles. The predicted octanol–water partition coefficient (Wildman–Crippen LogP) is -0.164. The molecule has 9 nitrogen and oxygen atoms in total. The second-order valence-electron chi connectivity index (χ2n) is 3.81. The maximum absolute atomic E-state index is 13.0. The molecule has 1 N–H and O–H groups in total. The van der Waals surface area contributed by atoms with Crippen molar-refractivity contribution in [1.29, 1.82) is 0 Å². The Morgan fingerprint density at radius 3 is 2.48 bits per heavy atom. The highest BCUT2D eigenvalue weighted by Crippen LogP contribution is 2.27. The highest BCUT2D eigenvalue weighted by molar-refractivity contribution is 7.86. The number of amides is 4. The van der Waals surface area contributed by atoms with Gasteiger partial charge in [-0.3, -0.25) is 14.2 Å². The number of carbonyl (C=O) groups excluding carboxylic acids is 3. The Hall–Kier alpha value is -1.89. The first-order chi connectivity index (χ1) is 9.52. The van der Waals surface area contributed by atoms with Crippen molar-refractivity contribution in [3.05, 3.63) is 0 Å². The third-order valence-electron chi connectivity index (χ3n) is 2.45. The van der Waals surface area contributed by atoms with Crippen molar-refractivity contribution in [3.8, 4) is 0 Å². The Labute approximate surface area is 116 Å². The summed E-state index contributed by atoms with van der Waals surface area (Å²) < 4.78 is 71.3. The molecule has 1 unspecified atom stereocenters. The topological polar surface area (TPSA) is 121 Å². The van der Waals surface area contributed by atoms with Crippen molar-refractivity contribution in [2.75, 3.05) is 19.7 Å². The zero-order valence-electron chi connectivity index (χ0n) is 10.1. The number of imide groups is 2. The largest absolute Gasteiger partial charge is 0.446 e. The number of hydrogen-bond acceptors (Lipinski definition) is 6. The lowest BCUT2D eigenvalue weighted by atomic mass is 10.4. The number of carbonyl (C=O) groups is 3. The van der Waals surface area contributed by atoms with Gasteiger partial charge in [0.05, 0.1) is 6.54 Å². The van der Waals surface area contributed by atoms with Gasteiger partial charge in [-0.05, 0) is 0 Å². The molecule has 0 bridgehead atoms. The summed E-state index contributed by atoms with van der Waals surface area (Å²) in [5, 5.41) is -5.17. The quantitative estimate of drug-likeness (QED) is 0.547. The van der Waals surface area contributed by atoms with E-state index in [-0.39, 0.29) is 19.5 Å². The summed E-state index contributed by atoms with van der Waals surface area (Å²) in [5.74, 6) is 0. The molecule has 4 amide bonds. The highest BCUT2D eigenvalue weighted by atomic mass is 32.2. The van der Waals surface area contributed by atoms with Crippen LogP contribution >= 0.6 is 0 Å². The smallest absolute Gasteiger partial charge is 0.418 e. The normalized spacial score (nSPS) is 17.8. The molecule has 1 heterocycles. The number of rotatable bonds is 5. The van der Waals surface area contributed by atoms with Crippen LogP contribution in [0.4, 0.5) is 22.8 Å². The van der Waals surface area contributed by atoms with Crippen molar-refractivity contribution >= 4 is 28.7 Å². The molecule has 0 aliphatic carbocycles. The Kier molecular flexibility index (Phi) is 4.78. The molecule has 120 valence electrons. The number of halogens is 3. The number of alkyl halides is 3. The van der Waals surface area contributed by atoms with Crippen molar-refractivity contribution < 1.29 is 45.3 Å². The van der Waals surface area contributed by atoms with Crippen LogP contribution in [0.15, 0.2) is 0 Å². The lowest BCUT2D eigenvalue weighted by molar-refractivity contribution is -0.115. The second kappa shape index (κ2) is 5.85. The van der Waals surface area contributed by atoms with E-state index in [1.807, 2.05) is 0 Å². The van der Waals surface area contributed by atoms with E-state index in [1.54, 1.807) is 0 Å². The van der Waals surface area contributed by atoms with Crippen LogP contribution in [0.25, 0.3) is 0 Å². The minimum absolute atomic E-state index is 0.125. The van der Waals surface area contributed by atoms with E-state index < -0.39 is 40.3 Å². The zero-order valence-corrected chi connectivity index (χ0v) is 10.9. The molecule has 1 saturated heterocycles. The van der Waals surface area contributed by atoms with Gasteiger partial charge in [0.1, 0.15) is 6.61 Å². The van der Waals surface area contributed by atoms with Gasteiger partial charge in [0.25, 0.3) is 0 Å². The van der Waals surface area contributed by atoms with Crippen LogP contribution in [0.5, 0.6) is 0 Å². The number of nitrogens with zero attached hydrogens (tertiary/aromatic N) is 2. The molecule has 0 spiro atoms. The molecule has 0 aromatic heterocycles. The number of hydrogen-bond donors (Lipinski definition) is 1. The van der Waals surface area contributed by atoms with Gasteiger partial charge in [0.2, 0.25) is 12.6 Å². The summed E-state index contributed by atoms with van der Waals surface area (Å²) in [4.78, 5) is 33.9. The van der Waals surface area contributed by atoms with Gasteiger partial charge in [-0.25, -0.2) is 18.9 Å². The lowest BCUT2D eigenvalue weighted by Gasteiger charge is -2.19. The maximum atomic E-state index is 13.0. The molecule has 1 aliphatic rings. The summed E-state index contributed by atoms with van der Waals surface area (Å²) in [5.41, 5.74) is 0. The first-order valence-corrected chi connectivity index (χ1v) is 6.65. The molecule has 1 aliphatic heterocycles. The van der Waals surface area contributed by atoms with E-state index in [9.17, 15) is 36.0 Å². The standard InChI is InChI=1S/C8H9F3N2O7S/c9-5(8(10,11)21(17,18)19)3-20-7(16)13-2-1-12(4-14)6(13)15/h4-5H,1-3H2,(H,17,18,19). The molecular formula is C8H9F3N2O7S. The first-order valence-electron chi connectivity index (χ1n) is 5.21. The first kappa shape index (κ1) is 17.2. The van der Waals surface area contributed by atoms with E-state index in [0.717, 1.165) is 0 Å². The molecule has 1 atom stereocenters. The third-order valence-corrected chi connectivity index (χ3v) is 3.39. The van der Waals surface area contributed by atoms with E-state index in [4.69, 9.17) is 4.55 Å². The number of ether oxygens (including phenoxy) is 1. The number of urea groups is 1. The van der Waals surface area contributed by atoms with Crippen LogP contribution in [0, 0.1) is 0 Å². The van der Waals surface area contributed by atoms with Gasteiger partial charge in [-0.1, -0.05) is 0 Å². The summed E-state index contributed by atoms with van der Waals surface area (Å²) in [6.45, 7) is -2.16. The van der Waals surface area contributed by atoms with Gasteiger partial charge < -0.3 is 4.74 Å². The Bertz CT molecular complexity index is 552. The minimum atomic E-state index is -6.03. The average molecular weight is 334 g/mol. The molecule has 1 rings (SSSR count). The van der Waals surface area contributed by atoms with Crippen molar-refractivity contribution in [1.82, 2.24) is 9.80 Å². The van der Waals surface area contributed by atoms with E-state index in [2.05, 4.69) is 4.74 Å². The fraction of sp³-hybridized carbons (Fsp3) is 0.625. The van der Waals surface area contributed by atoms with Crippen LogP contribution in [0.3, 0.4) is 0 Å². The van der Waals surface area contributed by atoms with Gasteiger partial charge in [-0.2, -0.15) is 17.2 Å². The molecule has 0 aromatic carbocycles. The van der Waals surface area contributed by atoms with Crippen LogP contribution < -0.4 is 0 Å². The molecule has 0 radical (unpaired) electrons. The van der Waals surface area contributed by atoms with Crippen molar-refractivity contribution in [2.24, 2.45) is 0 Å².